The number of halogens is 3. The van der Waals surface area contributed by atoms with Crippen molar-refractivity contribution in [1.82, 2.24) is 0 Å². The van der Waals surface area contributed by atoms with Crippen LogP contribution in [0.2, 0.25) is 0 Å². The van der Waals surface area contributed by atoms with Crippen LogP contribution in [0.25, 0.3) is 0 Å². The molecular weight excluding hydrogens is 377 g/mol. The van der Waals surface area contributed by atoms with Crippen molar-refractivity contribution in [2.45, 2.75) is 12.8 Å². The lowest BCUT2D eigenvalue weighted by molar-refractivity contribution is -0.274. The number of rotatable bonds is 9. The Labute approximate surface area is 159 Å². The van der Waals surface area contributed by atoms with Gasteiger partial charge in [-0.05, 0) is 48.5 Å². The maximum Gasteiger partial charge on any atom is 0.573 e. The topological polar surface area (TPSA) is 69.5 Å². The zero-order chi connectivity index (χ0) is 20.4. The Balaban J connectivity index is 1.80. The fraction of sp³-hybridized carbons (Fsp3) is 0.211. The molecule has 0 saturated heterocycles. The van der Waals surface area contributed by atoms with Crippen LogP contribution in [0.3, 0.4) is 0 Å². The van der Waals surface area contributed by atoms with Crippen LogP contribution in [0, 0.1) is 0 Å². The van der Waals surface area contributed by atoms with E-state index in [4.69, 9.17) is 9.47 Å². The van der Waals surface area contributed by atoms with Gasteiger partial charge in [-0.3, -0.25) is 0 Å². The maximum absolute atomic E-state index is 12.1. The standard InChI is InChI=1S/C19H17F3N2O4/c1-2-18(25)27-13-3-12-26-16-8-4-14(5-9-16)23-24-15-6-10-17(11-7-15)28-19(20,21)22/h2,4-11H,1,3,12-13H2. The highest BCUT2D eigenvalue weighted by Crippen LogP contribution is 2.26. The number of hydrogen-bond acceptors (Lipinski definition) is 6. The quantitative estimate of drug-likeness (QED) is 0.244. The van der Waals surface area contributed by atoms with Crippen LogP contribution in [0.15, 0.2) is 71.4 Å². The van der Waals surface area contributed by atoms with Crippen molar-refractivity contribution in [2.24, 2.45) is 10.2 Å². The summed E-state index contributed by atoms with van der Waals surface area (Å²) in [6.07, 6.45) is -3.10. The molecule has 0 unspecified atom stereocenters. The van der Waals surface area contributed by atoms with E-state index in [9.17, 15) is 18.0 Å². The molecule has 28 heavy (non-hydrogen) atoms. The SMILES string of the molecule is C=CC(=O)OCCCOc1ccc(N=Nc2ccc(OC(F)(F)F)cc2)cc1. The van der Waals surface area contributed by atoms with Crippen molar-refractivity contribution in [2.75, 3.05) is 13.2 Å². The summed E-state index contributed by atoms with van der Waals surface area (Å²) in [7, 11) is 0. The minimum Gasteiger partial charge on any atom is -0.493 e. The number of azo groups is 1. The molecule has 0 heterocycles. The van der Waals surface area contributed by atoms with Crippen LogP contribution >= 0.6 is 0 Å². The molecule has 0 saturated carbocycles. The van der Waals surface area contributed by atoms with Gasteiger partial charge in [0.25, 0.3) is 0 Å². The lowest BCUT2D eigenvalue weighted by atomic mass is 10.3. The molecule has 0 N–H and O–H groups in total. The minimum absolute atomic E-state index is 0.240. The molecule has 2 aromatic rings. The second-order valence-electron chi connectivity index (χ2n) is 5.31. The van der Waals surface area contributed by atoms with Crippen molar-refractivity contribution in [3.8, 4) is 11.5 Å². The number of nitrogens with zero attached hydrogens (tertiary/aromatic N) is 2. The Morgan fingerprint density at radius 1 is 0.929 bits per heavy atom. The van der Waals surface area contributed by atoms with Crippen molar-refractivity contribution >= 4 is 17.3 Å². The van der Waals surface area contributed by atoms with Crippen LogP contribution in [0.1, 0.15) is 6.42 Å². The molecule has 0 atom stereocenters. The summed E-state index contributed by atoms with van der Waals surface area (Å²) in [6, 6.07) is 11.8. The van der Waals surface area contributed by atoms with E-state index in [1.807, 2.05) is 0 Å². The summed E-state index contributed by atoms with van der Waals surface area (Å²) in [6.45, 7) is 3.91. The summed E-state index contributed by atoms with van der Waals surface area (Å²) in [5.74, 6) is -0.188. The van der Waals surface area contributed by atoms with E-state index >= 15 is 0 Å². The van der Waals surface area contributed by atoms with Gasteiger partial charge in [0.15, 0.2) is 0 Å². The fourth-order valence-electron chi connectivity index (χ4n) is 1.92. The molecule has 0 radical (unpaired) electrons. The Hall–Kier alpha value is -3.36. The van der Waals surface area contributed by atoms with Crippen molar-refractivity contribution in [1.29, 1.82) is 0 Å². The van der Waals surface area contributed by atoms with Gasteiger partial charge in [0, 0.05) is 12.5 Å². The summed E-state index contributed by atoms with van der Waals surface area (Å²) in [5.41, 5.74) is 0.923. The molecule has 0 aliphatic rings. The second-order valence-corrected chi connectivity index (χ2v) is 5.31. The average Bonchev–Trinajstić information content (AvgIpc) is 2.66. The zero-order valence-corrected chi connectivity index (χ0v) is 14.7. The summed E-state index contributed by atoms with van der Waals surface area (Å²) in [4.78, 5) is 10.9. The third-order valence-corrected chi connectivity index (χ3v) is 3.16. The van der Waals surface area contributed by atoms with Gasteiger partial charge in [-0.2, -0.15) is 10.2 Å². The van der Waals surface area contributed by atoms with E-state index in [2.05, 4.69) is 21.5 Å². The molecule has 0 aromatic heterocycles. The zero-order valence-electron chi connectivity index (χ0n) is 14.7. The highest BCUT2D eigenvalue weighted by atomic mass is 19.4. The van der Waals surface area contributed by atoms with E-state index in [0.717, 1.165) is 18.2 Å². The minimum atomic E-state index is -4.73. The summed E-state index contributed by atoms with van der Waals surface area (Å²) < 4.78 is 50.4. The maximum atomic E-state index is 12.1. The average molecular weight is 394 g/mol. The first-order chi connectivity index (χ1) is 13.4. The molecule has 0 amide bonds. The number of carbonyl (C=O) groups excluding carboxylic acids is 1. The lowest BCUT2D eigenvalue weighted by Crippen LogP contribution is -2.16. The molecule has 6 nitrogen and oxygen atoms in total. The van der Waals surface area contributed by atoms with Crippen LogP contribution in [-0.2, 0) is 9.53 Å². The molecular formula is C19H17F3N2O4. The van der Waals surface area contributed by atoms with Gasteiger partial charge in [0.2, 0.25) is 0 Å². The molecule has 0 spiro atoms. The molecule has 0 bridgehead atoms. The largest absolute Gasteiger partial charge is 0.573 e. The molecule has 2 aromatic carbocycles. The molecule has 0 aliphatic heterocycles. The number of hydrogen-bond donors (Lipinski definition) is 0. The number of esters is 1. The molecule has 2 rings (SSSR count). The molecule has 148 valence electrons. The van der Waals surface area contributed by atoms with Crippen molar-refractivity contribution in [3.05, 3.63) is 61.2 Å². The Morgan fingerprint density at radius 2 is 1.46 bits per heavy atom. The number of benzene rings is 2. The number of carbonyl (C=O) groups is 1. The van der Waals surface area contributed by atoms with E-state index in [0.29, 0.717) is 30.2 Å². The number of alkyl halides is 3. The van der Waals surface area contributed by atoms with Crippen molar-refractivity contribution in [3.63, 3.8) is 0 Å². The summed E-state index contributed by atoms with van der Waals surface area (Å²) >= 11 is 0. The van der Waals surface area contributed by atoms with E-state index in [1.165, 1.54) is 12.1 Å². The molecule has 0 aliphatic carbocycles. The second kappa shape index (κ2) is 10.1. The van der Waals surface area contributed by atoms with Gasteiger partial charge < -0.3 is 14.2 Å². The third kappa shape index (κ3) is 7.90. The number of ether oxygens (including phenoxy) is 3. The fourth-order valence-corrected chi connectivity index (χ4v) is 1.92. The summed E-state index contributed by atoms with van der Waals surface area (Å²) in [5, 5.41) is 7.95. The van der Waals surface area contributed by atoms with E-state index in [1.54, 1.807) is 24.3 Å². The van der Waals surface area contributed by atoms with Crippen LogP contribution < -0.4 is 9.47 Å². The Morgan fingerprint density at radius 3 is 1.96 bits per heavy atom. The predicted molar refractivity (Wildman–Crippen MR) is 95.0 cm³/mol. The predicted octanol–water partition coefficient (Wildman–Crippen LogP) is 5.50. The van der Waals surface area contributed by atoms with E-state index < -0.39 is 12.3 Å². The smallest absolute Gasteiger partial charge is 0.493 e. The lowest BCUT2D eigenvalue weighted by Gasteiger charge is -2.08. The Kier molecular flexibility index (Phi) is 7.55. The van der Waals surface area contributed by atoms with Crippen molar-refractivity contribution < 1.29 is 32.2 Å². The van der Waals surface area contributed by atoms with Crippen LogP contribution in [0.4, 0.5) is 24.5 Å². The third-order valence-electron chi connectivity index (χ3n) is 3.16. The first-order valence-electron chi connectivity index (χ1n) is 8.15. The van der Waals surface area contributed by atoms with E-state index in [-0.39, 0.29) is 12.4 Å². The highest BCUT2D eigenvalue weighted by Gasteiger charge is 2.30. The van der Waals surface area contributed by atoms with Gasteiger partial charge in [-0.1, -0.05) is 6.58 Å². The normalized spacial score (nSPS) is 11.2. The van der Waals surface area contributed by atoms with Crippen LogP contribution in [0.5, 0.6) is 11.5 Å². The van der Waals surface area contributed by atoms with Gasteiger partial charge in [-0.25, -0.2) is 4.79 Å². The highest BCUT2D eigenvalue weighted by molar-refractivity contribution is 5.81. The van der Waals surface area contributed by atoms with Crippen LogP contribution in [-0.4, -0.2) is 25.5 Å². The molecule has 0 fully saturated rings. The first kappa shape index (κ1) is 20.9. The van der Waals surface area contributed by atoms with Gasteiger partial charge >= 0.3 is 12.3 Å². The monoisotopic (exact) mass is 394 g/mol. The van der Waals surface area contributed by atoms with Gasteiger partial charge in [0.05, 0.1) is 24.6 Å². The first-order valence-corrected chi connectivity index (χ1v) is 8.15. The molecule has 9 heteroatoms. The van der Waals surface area contributed by atoms with Gasteiger partial charge in [-0.15, -0.1) is 13.2 Å². The van der Waals surface area contributed by atoms with Gasteiger partial charge in [0.1, 0.15) is 11.5 Å². The Bertz CT molecular complexity index is 803.